The van der Waals surface area contributed by atoms with Gasteiger partial charge in [0.1, 0.15) is 11.9 Å². The van der Waals surface area contributed by atoms with Gasteiger partial charge < -0.3 is 9.05 Å². The topological polar surface area (TPSA) is 52.6 Å². The molecule has 5 heteroatoms. The molecule has 0 unspecified atom stereocenters. The molecule has 1 saturated carbocycles. The van der Waals surface area contributed by atoms with Gasteiger partial charge in [0.05, 0.1) is 0 Å². The normalized spacial score (nSPS) is 25.8. The molecule has 100 valence electrons. The van der Waals surface area contributed by atoms with Crippen LogP contribution in [0.3, 0.4) is 0 Å². The van der Waals surface area contributed by atoms with Crippen LogP contribution in [0.2, 0.25) is 0 Å². The van der Waals surface area contributed by atoms with Crippen molar-refractivity contribution < 1.29 is 18.4 Å². The zero-order valence-corrected chi connectivity index (χ0v) is 11.9. The molecular formula is C12H23O4P. The lowest BCUT2D eigenvalue weighted by Gasteiger charge is -2.27. The van der Waals surface area contributed by atoms with E-state index in [2.05, 4.69) is 6.92 Å². The van der Waals surface area contributed by atoms with Gasteiger partial charge in [-0.25, -0.2) is 0 Å². The van der Waals surface area contributed by atoms with Crippen LogP contribution in [-0.4, -0.2) is 26.2 Å². The van der Waals surface area contributed by atoms with Crippen molar-refractivity contribution in [2.45, 2.75) is 39.0 Å². The van der Waals surface area contributed by atoms with E-state index in [0.29, 0.717) is 0 Å². The molecule has 0 heterocycles. The SMILES string of the molecule is CCC1CCC(C(=O)CP(=O)(OC)OC)CC1. The average molecular weight is 262 g/mol. The first kappa shape index (κ1) is 14.9. The van der Waals surface area contributed by atoms with Crippen LogP contribution in [0, 0.1) is 11.8 Å². The molecule has 17 heavy (non-hydrogen) atoms. The lowest BCUT2D eigenvalue weighted by molar-refractivity contribution is -0.121. The molecule has 0 N–H and O–H groups in total. The van der Waals surface area contributed by atoms with Crippen molar-refractivity contribution in [3.63, 3.8) is 0 Å². The first-order valence-electron chi connectivity index (χ1n) is 6.28. The van der Waals surface area contributed by atoms with Gasteiger partial charge in [0.25, 0.3) is 0 Å². The van der Waals surface area contributed by atoms with E-state index in [9.17, 15) is 9.36 Å². The van der Waals surface area contributed by atoms with Gasteiger partial charge in [-0.3, -0.25) is 9.36 Å². The van der Waals surface area contributed by atoms with Crippen molar-refractivity contribution in [2.75, 3.05) is 20.4 Å². The highest BCUT2D eigenvalue weighted by atomic mass is 31.2. The first-order chi connectivity index (χ1) is 8.04. The summed E-state index contributed by atoms with van der Waals surface area (Å²) in [5.74, 6) is 0.846. The first-order valence-corrected chi connectivity index (χ1v) is 8.00. The molecule has 0 aromatic carbocycles. The van der Waals surface area contributed by atoms with Crippen molar-refractivity contribution in [3.05, 3.63) is 0 Å². The van der Waals surface area contributed by atoms with Crippen LogP contribution >= 0.6 is 7.60 Å². The van der Waals surface area contributed by atoms with Crippen LogP contribution in [0.4, 0.5) is 0 Å². The van der Waals surface area contributed by atoms with E-state index < -0.39 is 7.60 Å². The number of Topliss-reactive ketones (excluding diaryl/α,β-unsaturated/α-hetero) is 1. The van der Waals surface area contributed by atoms with Gasteiger partial charge in [-0.2, -0.15) is 0 Å². The highest BCUT2D eigenvalue weighted by molar-refractivity contribution is 7.54. The van der Waals surface area contributed by atoms with Crippen molar-refractivity contribution in [2.24, 2.45) is 11.8 Å². The Morgan fingerprint density at radius 2 is 1.71 bits per heavy atom. The Hall–Kier alpha value is -0.180. The predicted molar refractivity (Wildman–Crippen MR) is 67.2 cm³/mol. The Kier molecular flexibility index (Phi) is 5.84. The third-order valence-corrected chi connectivity index (χ3v) is 5.60. The molecule has 0 aromatic rings. The van der Waals surface area contributed by atoms with Gasteiger partial charge in [0, 0.05) is 20.1 Å². The fourth-order valence-electron chi connectivity index (χ4n) is 2.42. The number of hydrogen-bond donors (Lipinski definition) is 0. The summed E-state index contributed by atoms with van der Waals surface area (Å²) in [4.78, 5) is 12.0. The summed E-state index contributed by atoms with van der Waals surface area (Å²) >= 11 is 0. The molecule has 0 aromatic heterocycles. The Labute approximate surface area is 104 Å². The quantitative estimate of drug-likeness (QED) is 0.689. The summed E-state index contributed by atoms with van der Waals surface area (Å²) in [6.45, 7) is 2.19. The molecule has 0 aliphatic heterocycles. The van der Waals surface area contributed by atoms with Gasteiger partial charge in [-0.1, -0.05) is 13.3 Å². The third-order valence-electron chi connectivity index (χ3n) is 3.79. The Bertz CT molecular complexity index is 287. The number of rotatable bonds is 6. The lowest BCUT2D eigenvalue weighted by atomic mass is 9.79. The zero-order chi connectivity index (χ0) is 12.9. The van der Waals surface area contributed by atoms with Gasteiger partial charge >= 0.3 is 7.60 Å². The summed E-state index contributed by atoms with van der Waals surface area (Å²) in [5.41, 5.74) is 0. The van der Waals surface area contributed by atoms with Crippen LogP contribution in [-0.2, 0) is 18.4 Å². The summed E-state index contributed by atoms with van der Waals surface area (Å²) in [5, 5.41) is 0. The average Bonchev–Trinajstić information content (AvgIpc) is 2.38. The van der Waals surface area contributed by atoms with E-state index in [4.69, 9.17) is 9.05 Å². The summed E-state index contributed by atoms with van der Waals surface area (Å²) in [7, 11) is -0.526. The maximum absolute atomic E-state index is 12.0. The minimum absolute atomic E-state index is 0.0339. The molecule has 1 rings (SSSR count). The van der Waals surface area contributed by atoms with E-state index in [1.807, 2.05) is 0 Å². The molecule has 0 radical (unpaired) electrons. The van der Waals surface area contributed by atoms with Gasteiger partial charge in [-0.05, 0) is 31.6 Å². The summed E-state index contributed by atoms with van der Waals surface area (Å²) in [6.07, 6.45) is 5.17. The minimum atomic E-state index is -3.18. The molecule has 4 nitrogen and oxygen atoms in total. The Morgan fingerprint density at radius 3 is 2.12 bits per heavy atom. The number of hydrogen-bond acceptors (Lipinski definition) is 4. The second-order valence-electron chi connectivity index (χ2n) is 4.73. The summed E-state index contributed by atoms with van der Waals surface area (Å²) < 4.78 is 21.5. The lowest BCUT2D eigenvalue weighted by Crippen LogP contribution is -2.24. The van der Waals surface area contributed by atoms with E-state index in [-0.39, 0.29) is 17.9 Å². The number of carbonyl (C=O) groups excluding carboxylic acids is 1. The smallest absolute Gasteiger partial charge is 0.312 e. The van der Waals surface area contributed by atoms with E-state index >= 15 is 0 Å². The van der Waals surface area contributed by atoms with E-state index in [1.165, 1.54) is 20.6 Å². The Balaban J connectivity index is 2.47. The molecule has 1 fully saturated rings. The molecule has 1 aliphatic carbocycles. The van der Waals surface area contributed by atoms with Crippen molar-refractivity contribution >= 4 is 13.4 Å². The second-order valence-corrected chi connectivity index (χ2v) is 6.99. The van der Waals surface area contributed by atoms with Crippen LogP contribution in [0.25, 0.3) is 0 Å². The second kappa shape index (κ2) is 6.67. The molecule has 1 aliphatic rings. The molecule has 0 spiro atoms. The van der Waals surface area contributed by atoms with Crippen molar-refractivity contribution in [3.8, 4) is 0 Å². The number of carbonyl (C=O) groups is 1. The fraction of sp³-hybridized carbons (Fsp3) is 0.917. The maximum Gasteiger partial charge on any atom is 0.337 e. The van der Waals surface area contributed by atoms with Crippen LogP contribution in [0.5, 0.6) is 0 Å². The van der Waals surface area contributed by atoms with Crippen LogP contribution < -0.4 is 0 Å². The zero-order valence-electron chi connectivity index (χ0n) is 11.0. The molecule has 0 amide bonds. The monoisotopic (exact) mass is 262 g/mol. The number of ketones is 1. The summed E-state index contributed by atoms with van der Waals surface area (Å²) in [6, 6.07) is 0. The van der Waals surface area contributed by atoms with Crippen LogP contribution in [0.15, 0.2) is 0 Å². The highest BCUT2D eigenvalue weighted by Gasteiger charge is 2.32. The minimum Gasteiger partial charge on any atom is -0.312 e. The third kappa shape index (κ3) is 4.20. The van der Waals surface area contributed by atoms with Gasteiger partial charge in [0.15, 0.2) is 0 Å². The van der Waals surface area contributed by atoms with Crippen LogP contribution in [0.1, 0.15) is 39.0 Å². The van der Waals surface area contributed by atoms with Crippen molar-refractivity contribution in [1.29, 1.82) is 0 Å². The molecule has 0 bridgehead atoms. The maximum atomic E-state index is 12.0. The predicted octanol–water partition coefficient (Wildman–Crippen LogP) is 3.26. The standard InChI is InChI=1S/C12H23O4P/c1-4-10-5-7-11(8-6-10)12(13)9-17(14,15-2)16-3/h10-11H,4-9H2,1-3H3. The van der Waals surface area contributed by atoms with Crippen molar-refractivity contribution in [1.82, 2.24) is 0 Å². The Morgan fingerprint density at radius 1 is 1.18 bits per heavy atom. The fourth-order valence-corrected chi connectivity index (χ4v) is 3.46. The highest BCUT2D eigenvalue weighted by Crippen LogP contribution is 2.47. The van der Waals surface area contributed by atoms with Gasteiger partial charge in [-0.15, -0.1) is 0 Å². The van der Waals surface area contributed by atoms with E-state index in [0.717, 1.165) is 31.6 Å². The largest absolute Gasteiger partial charge is 0.337 e. The van der Waals surface area contributed by atoms with Gasteiger partial charge in [0.2, 0.25) is 0 Å². The molecular weight excluding hydrogens is 239 g/mol. The molecule has 0 atom stereocenters. The van der Waals surface area contributed by atoms with E-state index in [1.54, 1.807) is 0 Å². The molecule has 0 saturated heterocycles.